The summed E-state index contributed by atoms with van der Waals surface area (Å²) in [5.74, 6) is 0.294. The normalized spacial score (nSPS) is 12.9. The molecule has 0 unspecified atom stereocenters. The third kappa shape index (κ3) is 4.62. The minimum Gasteiger partial charge on any atom is -0.292 e. The van der Waals surface area contributed by atoms with Gasteiger partial charge in [0.05, 0.1) is 17.9 Å². The van der Waals surface area contributed by atoms with Crippen molar-refractivity contribution >= 4 is 32.6 Å². The summed E-state index contributed by atoms with van der Waals surface area (Å²) in [5, 5.41) is 4.60. The molecule has 0 aliphatic heterocycles. The molecular formula is C45H30N2. The molecule has 0 saturated carbocycles. The van der Waals surface area contributed by atoms with Crippen LogP contribution in [0.25, 0.3) is 83.0 Å². The smallest absolute Gasteiger partial charge is 0.145 e. The van der Waals surface area contributed by atoms with Gasteiger partial charge in [0.15, 0.2) is 0 Å². The van der Waals surface area contributed by atoms with Gasteiger partial charge in [-0.1, -0.05) is 152 Å². The maximum absolute atomic E-state index is 8.73. The first-order valence-electron chi connectivity index (χ1n) is 18.2. The van der Waals surface area contributed by atoms with Crippen molar-refractivity contribution in [3.05, 3.63) is 182 Å². The molecule has 0 bridgehead atoms. The van der Waals surface area contributed by atoms with Gasteiger partial charge in [0.25, 0.3) is 0 Å². The lowest BCUT2D eigenvalue weighted by Crippen LogP contribution is -1.98. The Kier molecular flexibility index (Phi) is 5.35. The van der Waals surface area contributed by atoms with Crippen LogP contribution < -0.4 is 0 Å². The molecule has 1 heterocycles. The average molecular weight is 604 g/mol. The molecule has 2 heteroatoms. The van der Waals surface area contributed by atoms with Crippen LogP contribution in [0.5, 0.6) is 0 Å². The summed E-state index contributed by atoms with van der Waals surface area (Å²) >= 11 is 0. The molecule has 9 rings (SSSR count). The molecule has 0 N–H and O–H groups in total. The van der Waals surface area contributed by atoms with Gasteiger partial charge in [-0.2, -0.15) is 0 Å². The number of hydrogen-bond acceptors (Lipinski definition) is 1. The van der Waals surface area contributed by atoms with Crippen LogP contribution in [0.2, 0.25) is 0 Å². The zero-order chi connectivity index (χ0) is 35.5. The second-order valence-corrected chi connectivity index (χ2v) is 11.6. The van der Waals surface area contributed by atoms with Crippen LogP contribution in [0.1, 0.15) is 6.85 Å². The monoisotopic (exact) mass is 603 g/mol. The van der Waals surface area contributed by atoms with E-state index in [1.165, 1.54) is 5.56 Å². The maximum Gasteiger partial charge on any atom is 0.145 e. The van der Waals surface area contributed by atoms with Gasteiger partial charge in [0.1, 0.15) is 5.82 Å². The van der Waals surface area contributed by atoms with Crippen LogP contribution in [0.4, 0.5) is 0 Å². The largest absolute Gasteiger partial charge is 0.292 e. The number of fused-ring (bicyclic) bond motifs is 3. The first-order chi connectivity index (χ1) is 25.4. The highest BCUT2D eigenvalue weighted by molar-refractivity contribution is 6.22. The second-order valence-electron chi connectivity index (χ2n) is 11.6. The van der Waals surface area contributed by atoms with E-state index < -0.39 is 18.1 Å². The molecule has 0 atom stereocenters. The SMILES string of the molecule is [2H]c1c([2H])c([2H])c(-c2nc3ccccc3n2-c2ccc(-c3c4ccccc4c(-c4ccccc4)c4cc(-c5ccccc5)ccc34)cc2)c([2H])c1[2H]. The van der Waals surface area contributed by atoms with Crippen LogP contribution in [0.3, 0.4) is 0 Å². The van der Waals surface area contributed by atoms with Gasteiger partial charge in [0, 0.05) is 11.3 Å². The standard InChI is InChI=1S/C45H30N2/c1-4-14-31(15-5-1)35-26-29-39-40(30-35)44(32-16-6-2-7-17-32)38-21-11-10-20-37(38)43(39)33-24-27-36(28-25-33)47-42-23-13-12-22-41(42)46-45(47)34-18-8-3-9-19-34/h1-30H/i3D,8D,9D,18D,19D. The first-order valence-corrected chi connectivity index (χ1v) is 15.7. The molecule has 0 aliphatic carbocycles. The highest BCUT2D eigenvalue weighted by Gasteiger charge is 2.19. The lowest BCUT2D eigenvalue weighted by molar-refractivity contribution is 1.10. The van der Waals surface area contributed by atoms with Crippen LogP contribution >= 0.6 is 0 Å². The summed E-state index contributed by atoms with van der Waals surface area (Å²) in [6.07, 6.45) is 0. The summed E-state index contributed by atoms with van der Waals surface area (Å²) in [4.78, 5) is 4.82. The van der Waals surface area contributed by atoms with Gasteiger partial charge >= 0.3 is 0 Å². The Labute approximate surface area is 280 Å². The van der Waals surface area contributed by atoms with Crippen molar-refractivity contribution in [1.82, 2.24) is 9.55 Å². The average Bonchev–Trinajstić information content (AvgIpc) is 3.58. The van der Waals surface area contributed by atoms with Gasteiger partial charge in [0.2, 0.25) is 0 Å². The Balaban J connectivity index is 1.28. The van der Waals surface area contributed by atoms with Crippen LogP contribution in [0, 0.1) is 0 Å². The van der Waals surface area contributed by atoms with E-state index in [-0.39, 0.29) is 17.6 Å². The lowest BCUT2D eigenvalue weighted by atomic mass is 9.85. The highest BCUT2D eigenvalue weighted by Crippen LogP contribution is 2.45. The predicted molar refractivity (Wildman–Crippen MR) is 198 cm³/mol. The van der Waals surface area contributed by atoms with Crippen LogP contribution in [-0.2, 0) is 0 Å². The van der Waals surface area contributed by atoms with E-state index in [1.807, 2.05) is 53.1 Å². The zero-order valence-corrected chi connectivity index (χ0v) is 25.3. The Morgan fingerprint density at radius 3 is 1.70 bits per heavy atom. The van der Waals surface area contributed by atoms with Crippen molar-refractivity contribution in [1.29, 1.82) is 0 Å². The molecule has 1 aromatic heterocycles. The predicted octanol–water partition coefficient (Wildman–Crippen LogP) is 12.0. The van der Waals surface area contributed by atoms with Crippen molar-refractivity contribution in [3.8, 4) is 50.5 Å². The summed E-state index contributed by atoms with van der Waals surface area (Å²) in [6.45, 7) is 0. The van der Waals surface area contributed by atoms with Gasteiger partial charge in [-0.25, -0.2) is 4.98 Å². The molecule has 220 valence electrons. The van der Waals surface area contributed by atoms with E-state index in [0.29, 0.717) is 11.3 Å². The van der Waals surface area contributed by atoms with Gasteiger partial charge < -0.3 is 0 Å². The fourth-order valence-corrected chi connectivity index (χ4v) is 6.81. The molecule has 0 amide bonds. The van der Waals surface area contributed by atoms with Crippen LogP contribution in [-0.4, -0.2) is 9.55 Å². The number of rotatable bonds is 5. The molecule has 0 fully saturated rings. The Hall–Kier alpha value is -6.25. The minimum atomic E-state index is -0.431. The number of aromatic nitrogens is 2. The van der Waals surface area contributed by atoms with Gasteiger partial charge in [-0.15, -0.1) is 0 Å². The minimum absolute atomic E-state index is 0.0639. The third-order valence-electron chi connectivity index (χ3n) is 8.89. The van der Waals surface area contributed by atoms with Crippen molar-refractivity contribution < 1.29 is 6.85 Å². The first kappa shape index (κ1) is 22.3. The van der Waals surface area contributed by atoms with E-state index in [0.717, 1.165) is 60.6 Å². The summed E-state index contributed by atoms with van der Waals surface area (Å²) in [5.41, 5.74) is 9.07. The Bertz CT molecular complexity index is 2800. The van der Waals surface area contributed by atoms with Gasteiger partial charge in [-0.05, 0) is 85.3 Å². The van der Waals surface area contributed by atoms with Crippen LogP contribution in [0.15, 0.2) is 182 Å². The molecule has 2 nitrogen and oxygen atoms in total. The summed E-state index contributed by atoms with van der Waals surface area (Å²) in [6, 6.07) is 50.4. The molecule has 0 aliphatic rings. The number of benzene rings is 8. The Morgan fingerprint density at radius 1 is 0.426 bits per heavy atom. The maximum atomic E-state index is 8.73. The van der Waals surface area contributed by atoms with E-state index in [2.05, 4.69) is 103 Å². The fourth-order valence-electron chi connectivity index (χ4n) is 6.81. The highest BCUT2D eigenvalue weighted by atomic mass is 15.1. The number of hydrogen-bond donors (Lipinski definition) is 0. The summed E-state index contributed by atoms with van der Waals surface area (Å²) < 4.78 is 44.2. The Morgan fingerprint density at radius 2 is 0.979 bits per heavy atom. The van der Waals surface area contributed by atoms with E-state index >= 15 is 0 Å². The van der Waals surface area contributed by atoms with E-state index in [1.54, 1.807) is 0 Å². The molecule has 9 aromatic rings. The number of para-hydroxylation sites is 2. The van der Waals surface area contributed by atoms with Crippen molar-refractivity contribution in [2.75, 3.05) is 0 Å². The second kappa shape index (κ2) is 11.3. The number of imidazole rings is 1. The zero-order valence-electron chi connectivity index (χ0n) is 30.3. The lowest BCUT2D eigenvalue weighted by Gasteiger charge is -2.19. The summed E-state index contributed by atoms with van der Waals surface area (Å²) in [7, 11) is 0. The van der Waals surface area contributed by atoms with Gasteiger partial charge in [-0.3, -0.25) is 4.57 Å². The van der Waals surface area contributed by atoms with E-state index in [4.69, 9.17) is 11.8 Å². The van der Waals surface area contributed by atoms with E-state index in [9.17, 15) is 0 Å². The molecule has 0 spiro atoms. The molecule has 47 heavy (non-hydrogen) atoms. The van der Waals surface area contributed by atoms with Crippen molar-refractivity contribution in [2.45, 2.75) is 0 Å². The molecule has 8 aromatic carbocycles. The molecule has 0 saturated heterocycles. The molecular weight excluding hydrogens is 569 g/mol. The molecule has 0 radical (unpaired) electrons. The topological polar surface area (TPSA) is 17.8 Å². The number of nitrogens with zero attached hydrogens (tertiary/aromatic N) is 2. The fraction of sp³-hybridized carbons (Fsp3) is 0. The van der Waals surface area contributed by atoms with Crippen molar-refractivity contribution in [3.63, 3.8) is 0 Å². The third-order valence-corrected chi connectivity index (χ3v) is 8.89. The van der Waals surface area contributed by atoms with Crippen molar-refractivity contribution in [2.24, 2.45) is 0 Å². The quantitative estimate of drug-likeness (QED) is 0.179.